The fourth-order valence-corrected chi connectivity index (χ4v) is 2.74. The van der Waals surface area contributed by atoms with E-state index >= 15 is 0 Å². The predicted molar refractivity (Wildman–Crippen MR) is 80.7 cm³/mol. The van der Waals surface area contributed by atoms with Gasteiger partial charge in [-0.3, -0.25) is 0 Å². The van der Waals surface area contributed by atoms with Crippen molar-refractivity contribution in [2.45, 2.75) is 83.8 Å². The summed E-state index contributed by atoms with van der Waals surface area (Å²) >= 11 is 0. The Morgan fingerprint density at radius 1 is 1.30 bits per heavy atom. The second-order valence-electron chi connectivity index (χ2n) is 6.97. The third-order valence-electron chi connectivity index (χ3n) is 3.76. The monoisotopic (exact) mass is 285 g/mol. The van der Waals surface area contributed by atoms with Crippen LogP contribution in [0.1, 0.15) is 72.1 Å². The molecule has 2 N–H and O–H groups in total. The van der Waals surface area contributed by atoms with E-state index in [-0.39, 0.29) is 6.54 Å². The summed E-state index contributed by atoms with van der Waals surface area (Å²) in [5, 5.41) is 12.5. The Balaban J connectivity index is 2.05. The number of ether oxygens (including phenoxy) is 1. The highest BCUT2D eigenvalue weighted by Crippen LogP contribution is 2.27. The van der Waals surface area contributed by atoms with Gasteiger partial charge in [-0.2, -0.15) is 0 Å². The molecule has 0 aromatic carbocycles. The molecule has 1 fully saturated rings. The summed E-state index contributed by atoms with van der Waals surface area (Å²) in [4.78, 5) is 11.4. The molecule has 0 radical (unpaired) electrons. The average Bonchev–Trinajstić information content (AvgIpc) is 2.36. The molecule has 4 heteroatoms. The van der Waals surface area contributed by atoms with Gasteiger partial charge in [0.2, 0.25) is 0 Å². The predicted octanol–water partition coefficient (Wildman–Crippen LogP) is 3.62. The largest absolute Gasteiger partial charge is 0.444 e. The molecule has 118 valence electrons. The molecular weight excluding hydrogens is 254 g/mol. The van der Waals surface area contributed by atoms with Gasteiger partial charge < -0.3 is 15.2 Å². The second-order valence-corrected chi connectivity index (χ2v) is 6.97. The zero-order valence-electron chi connectivity index (χ0n) is 13.3. The van der Waals surface area contributed by atoms with Gasteiger partial charge >= 0.3 is 6.09 Å². The van der Waals surface area contributed by atoms with Crippen molar-refractivity contribution < 1.29 is 14.6 Å². The standard InChI is InChI=1S/C16H31NO3/c1-16(2,3)20-15(19)17-12-14(18)11-7-10-13-8-5-4-6-9-13/h13-14,18H,4-12H2,1-3H3,(H,17,19)/t14-/m1/s1. The maximum atomic E-state index is 11.4. The number of nitrogens with one attached hydrogen (secondary N) is 1. The van der Waals surface area contributed by atoms with Crippen LogP contribution in [0.15, 0.2) is 0 Å². The Kier molecular flexibility index (Phi) is 7.35. The highest BCUT2D eigenvalue weighted by Gasteiger charge is 2.17. The van der Waals surface area contributed by atoms with Crippen LogP contribution in [0.3, 0.4) is 0 Å². The maximum absolute atomic E-state index is 11.4. The van der Waals surface area contributed by atoms with Crippen LogP contribution in [0.25, 0.3) is 0 Å². The van der Waals surface area contributed by atoms with Gasteiger partial charge in [0.25, 0.3) is 0 Å². The van der Waals surface area contributed by atoms with Crippen LogP contribution in [0.2, 0.25) is 0 Å². The molecule has 0 unspecified atom stereocenters. The molecule has 0 bridgehead atoms. The van der Waals surface area contributed by atoms with Gasteiger partial charge in [-0.15, -0.1) is 0 Å². The van der Waals surface area contributed by atoms with E-state index in [9.17, 15) is 9.90 Å². The first-order valence-corrected chi connectivity index (χ1v) is 8.02. The lowest BCUT2D eigenvalue weighted by Crippen LogP contribution is -2.36. The molecule has 1 atom stereocenters. The molecule has 1 saturated carbocycles. The Labute approximate surface area is 123 Å². The lowest BCUT2D eigenvalue weighted by atomic mass is 9.85. The zero-order valence-corrected chi connectivity index (χ0v) is 13.3. The van der Waals surface area contributed by atoms with Crippen molar-refractivity contribution in [1.29, 1.82) is 0 Å². The van der Waals surface area contributed by atoms with E-state index in [1.807, 2.05) is 20.8 Å². The lowest BCUT2D eigenvalue weighted by Gasteiger charge is -2.22. The molecule has 1 rings (SSSR count). The number of rotatable bonds is 6. The van der Waals surface area contributed by atoms with E-state index in [0.717, 1.165) is 18.8 Å². The minimum atomic E-state index is -0.490. The highest BCUT2D eigenvalue weighted by molar-refractivity contribution is 5.67. The van der Waals surface area contributed by atoms with Crippen LogP contribution in [0.4, 0.5) is 4.79 Å². The SMILES string of the molecule is CC(C)(C)OC(=O)NC[C@H](O)CCCC1CCCCC1. The van der Waals surface area contributed by atoms with Gasteiger partial charge in [-0.25, -0.2) is 4.79 Å². The van der Waals surface area contributed by atoms with Gasteiger partial charge in [-0.1, -0.05) is 44.9 Å². The van der Waals surface area contributed by atoms with Crippen molar-refractivity contribution >= 4 is 6.09 Å². The first-order valence-electron chi connectivity index (χ1n) is 8.02. The first kappa shape index (κ1) is 17.3. The summed E-state index contributed by atoms with van der Waals surface area (Å²) in [5.41, 5.74) is -0.490. The number of amides is 1. The molecule has 1 aliphatic carbocycles. The van der Waals surface area contributed by atoms with Crippen molar-refractivity contribution in [1.82, 2.24) is 5.32 Å². The number of aliphatic hydroxyl groups is 1. The van der Waals surface area contributed by atoms with E-state index in [2.05, 4.69) is 5.32 Å². The number of aliphatic hydroxyl groups excluding tert-OH is 1. The van der Waals surface area contributed by atoms with Crippen LogP contribution in [0.5, 0.6) is 0 Å². The van der Waals surface area contributed by atoms with Gasteiger partial charge in [0.1, 0.15) is 5.60 Å². The van der Waals surface area contributed by atoms with E-state index in [0.29, 0.717) is 0 Å². The Hall–Kier alpha value is -0.770. The van der Waals surface area contributed by atoms with Gasteiger partial charge in [0, 0.05) is 6.54 Å². The van der Waals surface area contributed by atoms with Gasteiger partial charge in [0.05, 0.1) is 6.10 Å². The summed E-state index contributed by atoms with van der Waals surface area (Å²) in [6, 6.07) is 0. The lowest BCUT2D eigenvalue weighted by molar-refractivity contribution is 0.0486. The summed E-state index contributed by atoms with van der Waals surface area (Å²) in [6.45, 7) is 5.76. The van der Waals surface area contributed by atoms with Crippen LogP contribution < -0.4 is 5.32 Å². The fourth-order valence-electron chi connectivity index (χ4n) is 2.74. The van der Waals surface area contributed by atoms with Crippen LogP contribution in [0, 0.1) is 5.92 Å². The summed E-state index contributed by atoms with van der Waals surface area (Å²) < 4.78 is 5.13. The minimum Gasteiger partial charge on any atom is -0.444 e. The molecule has 0 spiro atoms. The smallest absolute Gasteiger partial charge is 0.407 e. The van der Waals surface area contributed by atoms with E-state index in [4.69, 9.17) is 4.74 Å². The molecule has 1 amide bonds. The van der Waals surface area contributed by atoms with Gasteiger partial charge in [0.15, 0.2) is 0 Å². The first-order chi connectivity index (χ1) is 9.37. The zero-order chi connectivity index (χ0) is 15.0. The van der Waals surface area contributed by atoms with Crippen molar-refractivity contribution in [2.75, 3.05) is 6.54 Å². The Morgan fingerprint density at radius 3 is 2.55 bits per heavy atom. The number of carbonyl (C=O) groups is 1. The van der Waals surface area contributed by atoms with E-state index in [1.54, 1.807) is 0 Å². The van der Waals surface area contributed by atoms with Gasteiger partial charge in [-0.05, 0) is 33.1 Å². The molecule has 0 aromatic heterocycles. The molecule has 0 aliphatic heterocycles. The number of hydrogen-bond acceptors (Lipinski definition) is 3. The van der Waals surface area contributed by atoms with Crippen LogP contribution in [-0.4, -0.2) is 29.4 Å². The molecule has 0 aromatic rings. The maximum Gasteiger partial charge on any atom is 0.407 e. The second kappa shape index (κ2) is 8.50. The normalized spacial score (nSPS) is 18.6. The Bertz CT molecular complexity index is 280. The highest BCUT2D eigenvalue weighted by atomic mass is 16.6. The van der Waals surface area contributed by atoms with Crippen molar-refractivity contribution in [3.8, 4) is 0 Å². The van der Waals surface area contributed by atoms with E-state index in [1.165, 1.54) is 38.5 Å². The Morgan fingerprint density at radius 2 is 1.95 bits per heavy atom. The fraction of sp³-hybridized carbons (Fsp3) is 0.938. The van der Waals surface area contributed by atoms with Crippen molar-refractivity contribution in [3.63, 3.8) is 0 Å². The van der Waals surface area contributed by atoms with Crippen molar-refractivity contribution in [2.24, 2.45) is 5.92 Å². The molecule has 0 heterocycles. The molecule has 1 aliphatic rings. The van der Waals surface area contributed by atoms with Crippen molar-refractivity contribution in [3.05, 3.63) is 0 Å². The summed E-state index contributed by atoms with van der Waals surface area (Å²) in [5.74, 6) is 0.856. The summed E-state index contributed by atoms with van der Waals surface area (Å²) in [6.07, 6.45) is 8.92. The molecular formula is C16H31NO3. The molecule has 4 nitrogen and oxygen atoms in total. The summed E-state index contributed by atoms with van der Waals surface area (Å²) in [7, 11) is 0. The molecule has 0 saturated heterocycles. The minimum absolute atomic E-state index is 0.277. The average molecular weight is 285 g/mol. The number of carbonyl (C=O) groups excluding carboxylic acids is 1. The topological polar surface area (TPSA) is 58.6 Å². The number of hydrogen-bond donors (Lipinski definition) is 2. The third kappa shape index (κ3) is 8.41. The quantitative estimate of drug-likeness (QED) is 0.783. The number of alkyl carbamates (subject to hydrolysis) is 1. The third-order valence-corrected chi connectivity index (χ3v) is 3.76. The molecule has 20 heavy (non-hydrogen) atoms. The van der Waals surface area contributed by atoms with E-state index < -0.39 is 17.8 Å². The van der Waals surface area contributed by atoms with Crippen LogP contribution in [-0.2, 0) is 4.74 Å². The van der Waals surface area contributed by atoms with Crippen LogP contribution >= 0.6 is 0 Å².